The molecule has 1 amide bonds. The molecular weight excluding hydrogens is 254 g/mol. The fourth-order valence-corrected chi connectivity index (χ4v) is 2.25. The second-order valence-corrected chi connectivity index (χ2v) is 5.14. The average Bonchev–Trinajstić information content (AvgIpc) is 2.40. The van der Waals surface area contributed by atoms with E-state index < -0.39 is 11.5 Å². The van der Waals surface area contributed by atoms with Crippen molar-refractivity contribution in [2.75, 3.05) is 0 Å². The van der Waals surface area contributed by atoms with Crippen molar-refractivity contribution in [3.63, 3.8) is 0 Å². The van der Waals surface area contributed by atoms with Gasteiger partial charge >= 0.3 is 5.97 Å². The maximum atomic E-state index is 11.8. The molecule has 1 aromatic rings. The maximum absolute atomic E-state index is 11.8. The van der Waals surface area contributed by atoms with Crippen molar-refractivity contribution in [2.45, 2.75) is 37.6 Å². The molecule has 20 heavy (non-hydrogen) atoms. The van der Waals surface area contributed by atoms with Crippen LogP contribution in [0.1, 0.15) is 37.7 Å². The van der Waals surface area contributed by atoms with Crippen molar-refractivity contribution in [3.8, 4) is 0 Å². The van der Waals surface area contributed by atoms with Crippen LogP contribution in [-0.4, -0.2) is 22.5 Å². The number of allylic oxidation sites excluding steroid dienone is 1. The second kappa shape index (κ2) is 6.37. The van der Waals surface area contributed by atoms with E-state index >= 15 is 0 Å². The predicted octanol–water partition coefficient (Wildman–Crippen LogP) is 2.60. The molecule has 0 bridgehead atoms. The molecule has 1 aliphatic rings. The van der Waals surface area contributed by atoms with Crippen LogP contribution in [0.4, 0.5) is 0 Å². The summed E-state index contributed by atoms with van der Waals surface area (Å²) in [6, 6.07) is 9.85. The van der Waals surface area contributed by atoms with Crippen molar-refractivity contribution >= 4 is 18.0 Å². The lowest BCUT2D eigenvalue weighted by Crippen LogP contribution is -2.59. The summed E-state index contributed by atoms with van der Waals surface area (Å²) < 4.78 is 0. The highest BCUT2D eigenvalue weighted by atomic mass is 16.4. The Kier molecular flexibility index (Phi) is 4.56. The molecule has 0 aliphatic heterocycles. The molecule has 0 unspecified atom stereocenters. The first-order valence-corrected chi connectivity index (χ1v) is 6.88. The predicted molar refractivity (Wildman–Crippen MR) is 77.1 cm³/mol. The largest absolute Gasteiger partial charge is 0.480 e. The molecule has 1 fully saturated rings. The van der Waals surface area contributed by atoms with E-state index in [-0.39, 0.29) is 5.91 Å². The molecule has 0 heterocycles. The minimum atomic E-state index is -1.000. The number of hydrogen-bond donors (Lipinski definition) is 2. The fourth-order valence-electron chi connectivity index (χ4n) is 2.25. The van der Waals surface area contributed by atoms with Gasteiger partial charge in [0, 0.05) is 6.42 Å². The van der Waals surface area contributed by atoms with Crippen LogP contribution in [0.15, 0.2) is 36.4 Å². The minimum absolute atomic E-state index is 0.190. The third-order valence-corrected chi connectivity index (χ3v) is 3.64. The molecule has 0 aromatic heterocycles. The number of carbonyl (C=O) groups is 2. The molecule has 106 valence electrons. The lowest BCUT2D eigenvalue weighted by molar-refractivity contribution is -0.151. The number of rotatable bonds is 6. The molecule has 0 atom stereocenters. The summed E-state index contributed by atoms with van der Waals surface area (Å²) in [4.78, 5) is 22.9. The van der Waals surface area contributed by atoms with E-state index in [1.54, 1.807) is 0 Å². The van der Waals surface area contributed by atoms with Gasteiger partial charge in [-0.1, -0.05) is 42.5 Å². The molecular formula is C16H19NO3. The van der Waals surface area contributed by atoms with E-state index in [1.807, 2.05) is 42.5 Å². The van der Waals surface area contributed by atoms with Crippen LogP contribution < -0.4 is 5.32 Å². The normalized spacial score (nSPS) is 16.6. The van der Waals surface area contributed by atoms with Crippen LogP contribution in [0.5, 0.6) is 0 Å². The van der Waals surface area contributed by atoms with Crippen LogP contribution in [0, 0.1) is 0 Å². The Hall–Kier alpha value is -2.10. The molecule has 0 saturated heterocycles. The number of amides is 1. The quantitative estimate of drug-likeness (QED) is 0.837. The summed E-state index contributed by atoms with van der Waals surface area (Å²) in [6.45, 7) is 0. The van der Waals surface area contributed by atoms with Crippen LogP contribution in [-0.2, 0) is 9.59 Å². The van der Waals surface area contributed by atoms with E-state index in [2.05, 4.69) is 5.32 Å². The Labute approximate surface area is 118 Å². The molecule has 4 nitrogen and oxygen atoms in total. The highest BCUT2D eigenvalue weighted by Crippen LogP contribution is 2.32. The summed E-state index contributed by atoms with van der Waals surface area (Å²) in [7, 11) is 0. The molecule has 4 heteroatoms. The Morgan fingerprint density at radius 3 is 2.50 bits per heavy atom. The molecule has 0 spiro atoms. The van der Waals surface area contributed by atoms with Crippen LogP contribution in [0.25, 0.3) is 6.08 Å². The summed E-state index contributed by atoms with van der Waals surface area (Å²) in [6.07, 6.45) is 6.75. The van der Waals surface area contributed by atoms with Gasteiger partial charge in [-0.15, -0.1) is 0 Å². The number of carboxylic acid groups (broad SMARTS) is 1. The smallest absolute Gasteiger partial charge is 0.329 e. The Morgan fingerprint density at radius 2 is 1.95 bits per heavy atom. The van der Waals surface area contributed by atoms with Gasteiger partial charge in [-0.3, -0.25) is 4.79 Å². The SMILES string of the molecule is O=C(CC/C=C/c1ccccc1)NC1(C(=O)O)CCC1. The first-order chi connectivity index (χ1) is 9.62. The van der Waals surface area contributed by atoms with Gasteiger partial charge in [0.15, 0.2) is 0 Å². The van der Waals surface area contributed by atoms with Gasteiger partial charge < -0.3 is 10.4 Å². The van der Waals surface area contributed by atoms with Gasteiger partial charge in [-0.2, -0.15) is 0 Å². The molecule has 1 aromatic carbocycles. The van der Waals surface area contributed by atoms with Crippen molar-refractivity contribution in [1.82, 2.24) is 5.32 Å². The average molecular weight is 273 g/mol. The van der Waals surface area contributed by atoms with Crippen LogP contribution >= 0.6 is 0 Å². The van der Waals surface area contributed by atoms with Gasteiger partial charge in [-0.25, -0.2) is 4.79 Å². The molecule has 0 radical (unpaired) electrons. The Bertz CT molecular complexity index is 504. The summed E-state index contributed by atoms with van der Waals surface area (Å²) in [5, 5.41) is 11.8. The van der Waals surface area contributed by atoms with Crippen LogP contribution in [0.2, 0.25) is 0 Å². The Balaban J connectivity index is 1.76. The number of nitrogens with one attached hydrogen (secondary N) is 1. The fraction of sp³-hybridized carbons (Fsp3) is 0.375. The lowest BCUT2D eigenvalue weighted by atomic mass is 9.76. The van der Waals surface area contributed by atoms with Crippen molar-refractivity contribution in [2.24, 2.45) is 0 Å². The van der Waals surface area contributed by atoms with Crippen LogP contribution in [0.3, 0.4) is 0 Å². The second-order valence-electron chi connectivity index (χ2n) is 5.14. The molecule has 1 saturated carbocycles. The number of hydrogen-bond acceptors (Lipinski definition) is 2. The molecule has 2 rings (SSSR count). The number of carboxylic acids is 1. The molecule has 1 aliphatic carbocycles. The third kappa shape index (κ3) is 3.47. The van der Waals surface area contributed by atoms with Crippen molar-refractivity contribution in [1.29, 1.82) is 0 Å². The highest BCUT2D eigenvalue weighted by molar-refractivity contribution is 5.87. The van der Waals surface area contributed by atoms with Gasteiger partial charge in [-0.05, 0) is 31.2 Å². The maximum Gasteiger partial charge on any atom is 0.329 e. The zero-order chi connectivity index (χ0) is 14.4. The van der Waals surface area contributed by atoms with Gasteiger partial charge in [0.25, 0.3) is 0 Å². The monoisotopic (exact) mass is 273 g/mol. The van der Waals surface area contributed by atoms with Gasteiger partial charge in [0.2, 0.25) is 5.91 Å². The first-order valence-electron chi connectivity index (χ1n) is 6.88. The zero-order valence-electron chi connectivity index (χ0n) is 11.3. The number of benzene rings is 1. The van der Waals surface area contributed by atoms with Gasteiger partial charge in [0.1, 0.15) is 5.54 Å². The topological polar surface area (TPSA) is 66.4 Å². The standard InChI is InChI=1S/C16H19NO3/c18-14(17-16(15(19)20)11-6-12-16)10-5-4-9-13-7-2-1-3-8-13/h1-4,7-9H,5-6,10-12H2,(H,17,18)(H,19,20)/b9-4+. The lowest BCUT2D eigenvalue weighted by Gasteiger charge is -2.38. The van der Waals surface area contributed by atoms with Crippen molar-refractivity contribution in [3.05, 3.63) is 42.0 Å². The Morgan fingerprint density at radius 1 is 1.25 bits per heavy atom. The summed E-state index contributed by atoms with van der Waals surface area (Å²) >= 11 is 0. The first kappa shape index (κ1) is 14.3. The highest BCUT2D eigenvalue weighted by Gasteiger charge is 2.45. The van der Waals surface area contributed by atoms with E-state index in [0.29, 0.717) is 25.7 Å². The minimum Gasteiger partial charge on any atom is -0.480 e. The van der Waals surface area contributed by atoms with E-state index in [0.717, 1.165) is 12.0 Å². The van der Waals surface area contributed by atoms with E-state index in [9.17, 15) is 9.59 Å². The third-order valence-electron chi connectivity index (χ3n) is 3.64. The number of carbonyl (C=O) groups excluding carboxylic acids is 1. The summed E-state index contributed by atoms with van der Waals surface area (Å²) in [5.41, 5.74) is 0.0918. The molecule has 2 N–H and O–H groups in total. The van der Waals surface area contributed by atoms with Gasteiger partial charge in [0.05, 0.1) is 0 Å². The zero-order valence-corrected chi connectivity index (χ0v) is 11.3. The summed E-state index contributed by atoms with van der Waals surface area (Å²) in [5.74, 6) is -1.11. The van der Waals surface area contributed by atoms with Crippen molar-refractivity contribution < 1.29 is 14.7 Å². The van der Waals surface area contributed by atoms with E-state index in [4.69, 9.17) is 5.11 Å². The number of aliphatic carboxylic acids is 1. The van der Waals surface area contributed by atoms with E-state index in [1.165, 1.54) is 0 Å².